The highest BCUT2D eigenvalue weighted by Gasteiger charge is 2.20. The molecular formula is C31H38N6O4. The van der Waals surface area contributed by atoms with Gasteiger partial charge in [-0.25, -0.2) is 9.78 Å². The zero-order valence-electron chi connectivity index (χ0n) is 23.7. The molecular weight excluding hydrogens is 520 g/mol. The second-order valence-corrected chi connectivity index (χ2v) is 10.4. The van der Waals surface area contributed by atoms with Crippen LogP contribution >= 0.6 is 0 Å². The van der Waals surface area contributed by atoms with Gasteiger partial charge in [-0.3, -0.25) is 9.80 Å². The molecule has 1 aromatic heterocycles. The number of amides is 2. The topological polar surface area (TPSA) is 112 Å². The molecule has 5 rings (SSSR count). The first-order valence-electron chi connectivity index (χ1n) is 14.1. The number of fused-ring (bicyclic) bond motifs is 4. The van der Waals surface area contributed by atoms with Gasteiger partial charge in [-0.15, -0.1) is 0 Å². The number of benzene rings is 2. The standard InChI is InChI=1S/C31H38N6O4/c1-22-6-5-7-23(2)29(22)35-31(39)37-14-3-4-18-40-21-24-20-25(33-30-32-13-10-28(37)34-30)8-9-27(24)41-19-17-36-15-11-26(38)12-16-36/h3-10,13,20,26,38H,11-12,14-19,21H2,1-2H3,(H,35,39)(H,32,33,34)/b4-3+. The summed E-state index contributed by atoms with van der Waals surface area (Å²) in [6, 6.07) is 13.2. The number of piperidine rings is 1. The number of hydrogen-bond acceptors (Lipinski definition) is 8. The average molecular weight is 559 g/mol. The van der Waals surface area contributed by atoms with Crippen LogP contribution in [-0.4, -0.2) is 71.5 Å². The Hall–Kier alpha value is -3.99. The van der Waals surface area contributed by atoms with E-state index in [0.717, 1.165) is 66.3 Å². The first kappa shape index (κ1) is 28.5. The monoisotopic (exact) mass is 558 g/mol. The number of anilines is 4. The lowest BCUT2D eigenvalue weighted by Gasteiger charge is -2.29. The third kappa shape index (κ3) is 7.60. The van der Waals surface area contributed by atoms with Crippen molar-refractivity contribution in [1.29, 1.82) is 0 Å². The first-order valence-corrected chi connectivity index (χ1v) is 14.1. The van der Waals surface area contributed by atoms with Crippen molar-refractivity contribution in [3.05, 3.63) is 77.5 Å². The smallest absolute Gasteiger partial charge is 0.327 e. The Morgan fingerprint density at radius 1 is 1.15 bits per heavy atom. The predicted molar refractivity (Wildman–Crippen MR) is 160 cm³/mol. The van der Waals surface area contributed by atoms with Crippen LogP contribution in [0.1, 0.15) is 29.5 Å². The number of likely N-dealkylation sites (tertiary alicyclic amines) is 1. The number of para-hydroxylation sites is 1. The summed E-state index contributed by atoms with van der Waals surface area (Å²) < 4.78 is 12.1. The van der Waals surface area contributed by atoms with Gasteiger partial charge in [0.2, 0.25) is 5.95 Å². The molecule has 0 unspecified atom stereocenters. The highest BCUT2D eigenvalue weighted by molar-refractivity contribution is 6.02. The maximum atomic E-state index is 13.4. The molecule has 3 aromatic rings. The minimum absolute atomic E-state index is 0.182. The summed E-state index contributed by atoms with van der Waals surface area (Å²) in [5.41, 5.74) is 4.48. The van der Waals surface area contributed by atoms with Crippen molar-refractivity contribution in [3.8, 4) is 5.75 Å². The molecule has 1 saturated heterocycles. The number of aliphatic hydroxyl groups is 1. The molecule has 0 spiro atoms. The fourth-order valence-corrected chi connectivity index (χ4v) is 4.98. The van der Waals surface area contributed by atoms with Crippen LogP contribution < -0.4 is 20.3 Å². The Kier molecular flexibility index (Phi) is 9.45. The fraction of sp³-hybridized carbons (Fsp3) is 0.387. The van der Waals surface area contributed by atoms with Gasteiger partial charge < -0.3 is 25.2 Å². The van der Waals surface area contributed by atoms with E-state index in [4.69, 9.17) is 9.47 Å². The molecule has 10 nitrogen and oxygen atoms in total. The number of aliphatic hydroxyl groups excluding tert-OH is 1. The van der Waals surface area contributed by atoms with Gasteiger partial charge in [-0.1, -0.05) is 30.4 Å². The Morgan fingerprint density at radius 3 is 2.76 bits per heavy atom. The van der Waals surface area contributed by atoms with E-state index in [0.29, 0.717) is 38.1 Å². The number of nitrogens with zero attached hydrogens (tertiary/aromatic N) is 4. The number of rotatable bonds is 5. The number of aromatic nitrogens is 2. The van der Waals surface area contributed by atoms with Crippen LogP contribution in [0.15, 0.2) is 60.8 Å². The summed E-state index contributed by atoms with van der Waals surface area (Å²) in [4.78, 5) is 26.4. The van der Waals surface area contributed by atoms with Crippen molar-refractivity contribution >= 4 is 29.2 Å². The summed E-state index contributed by atoms with van der Waals surface area (Å²) >= 11 is 0. The van der Waals surface area contributed by atoms with Gasteiger partial charge in [0.25, 0.3) is 0 Å². The van der Waals surface area contributed by atoms with Gasteiger partial charge in [-0.05, 0) is 62.1 Å². The molecule has 2 aliphatic rings. The van der Waals surface area contributed by atoms with Crippen molar-refractivity contribution < 1.29 is 19.4 Å². The molecule has 3 heterocycles. The Bertz CT molecular complexity index is 1350. The number of carbonyl (C=O) groups is 1. The fourth-order valence-electron chi connectivity index (χ4n) is 4.98. The minimum atomic E-state index is -0.283. The van der Waals surface area contributed by atoms with Crippen LogP contribution in [0, 0.1) is 13.8 Å². The third-order valence-corrected chi connectivity index (χ3v) is 7.34. The predicted octanol–water partition coefficient (Wildman–Crippen LogP) is 4.80. The molecule has 2 aliphatic heterocycles. The molecule has 3 N–H and O–H groups in total. The normalized spacial score (nSPS) is 17.3. The molecule has 4 bridgehead atoms. The second kappa shape index (κ2) is 13.6. The molecule has 2 amide bonds. The number of urea groups is 1. The van der Waals surface area contributed by atoms with E-state index in [1.807, 2.05) is 62.4 Å². The summed E-state index contributed by atoms with van der Waals surface area (Å²) in [7, 11) is 0. The average Bonchev–Trinajstić information content (AvgIpc) is 2.96. The molecule has 1 fully saturated rings. The Balaban J connectivity index is 1.32. The van der Waals surface area contributed by atoms with Gasteiger partial charge in [0.1, 0.15) is 18.2 Å². The minimum Gasteiger partial charge on any atom is -0.492 e. The van der Waals surface area contributed by atoms with Gasteiger partial charge >= 0.3 is 6.03 Å². The zero-order chi connectivity index (χ0) is 28.6. The van der Waals surface area contributed by atoms with E-state index in [1.54, 1.807) is 17.2 Å². The molecule has 0 saturated carbocycles. The van der Waals surface area contributed by atoms with E-state index in [-0.39, 0.29) is 12.1 Å². The van der Waals surface area contributed by atoms with E-state index in [2.05, 4.69) is 25.5 Å². The van der Waals surface area contributed by atoms with E-state index >= 15 is 0 Å². The van der Waals surface area contributed by atoms with Crippen molar-refractivity contribution in [2.24, 2.45) is 0 Å². The quantitative estimate of drug-likeness (QED) is 0.383. The van der Waals surface area contributed by atoms with Crippen molar-refractivity contribution in [3.63, 3.8) is 0 Å². The SMILES string of the molecule is Cc1cccc(C)c1NC(=O)N1C/C=C/COCc2cc(ccc2OCCN2CCC(O)CC2)Nc2nccc1n2. The van der Waals surface area contributed by atoms with Crippen LogP contribution in [-0.2, 0) is 11.3 Å². The van der Waals surface area contributed by atoms with Gasteiger partial charge in [0.15, 0.2) is 0 Å². The molecule has 0 atom stereocenters. The Labute approximate surface area is 241 Å². The second-order valence-electron chi connectivity index (χ2n) is 10.4. The Morgan fingerprint density at radius 2 is 1.95 bits per heavy atom. The van der Waals surface area contributed by atoms with Crippen molar-refractivity contribution in [1.82, 2.24) is 14.9 Å². The number of hydrogen-bond donors (Lipinski definition) is 3. The maximum Gasteiger partial charge on any atom is 0.327 e. The van der Waals surface area contributed by atoms with E-state index in [1.165, 1.54) is 0 Å². The molecule has 0 radical (unpaired) electrons. The highest BCUT2D eigenvalue weighted by atomic mass is 16.5. The number of ether oxygens (including phenoxy) is 2. The third-order valence-electron chi connectivity index (χ3n) is 7.34. The van der Waals surface area contributed by atoms with Crippen molar-refractivity contribution in [2.45, 2.75) is 39.4 Å². The lowest BCUT2D eigenvalue weighted by atomic mass is 10.1. The largest absolute Gasteiger partial charge is 0.492 e. The first-order chi connectivity index (χ1) is 20.0. The van der Waals surface area contributed by atoms with Gasteiger partial charge in [0.05, 0.1) is 19.3 Å². The lowest BCUT2D eigenvalue weighted by molar-refractivity contribution is 0.0750. The maximum absolute atomic E-state index is 13.4. The molecule has 41 heavy (non-hydrogen) atoms. The molecule has 2 aromatic carbocycles. The molecule has 10 heteroatoms. The number of carbonyl (C=O) groups excluding carboxylic acids is 1. The van der Waals surface area contributed by atoms with Crippen LogP contribution in [0.4, 0.5) is 27.9 Å². The lowest BCUT2D eigenvalue weighted by Crippen LogP contribution is -2.38. The molecule has 0 aliphatic carbocycles. The zero-order valence-corrected chi connectivity index (χ0v) is 23.7. The van der Waals surface area contributed by atoms with Crippen molar-refractivity contribution in [2.75, 3.05) is 54.9 Å². The summed E-state index contributed by atoms with van der Waals surface area (Å²) in [6.45, 7) is 8.14. The van der Waals surface area contributed by atoms with Crippen LogP contribution in [0.2, 0.25) is 0 Å². The van der Waals surface area contributed by atoms with E-state index in [9.17, 15) is 9.90 Å². The van der Waals surface area contributed by atoms with Crippen LogP contribution in [0.5, 0.6) is 5.75 Å². The summed E-state index contributed by atoms with van der Waals surface area (Å²) in [6.07, 6.45) is 6.88. The van der Waals surface area contributed by atoms with E-state index < -0.39 is 0 Å². The van der Waals surface area contributed by atoms with Gasteiger partial charge in [0, 0.05) is 49.3 Å². The summed E-state index contributed by atoms with van der Waals surface area (Å²) in [5.74, 6) is 1.62. The number of nitrogens with one attached hydrogen (secondary N) is 2. The van der Waals surface area contributed by atoms with Crippen LogP contribution in [0.3, 0.4) is 0 Å². The molecule has 216 valence electrons. The number of aryl methyl sites for hydroxylation is 2. The highest BCUT2D eigenvalue weighted by Crippen LogP contribution is 2.27. The summed E-state index contributed by atoms with van der Waals surface area (Å²) in [5, 5.41) is 16.1. The van der Waals surface area contributed by atoms with Crippen LogP contribution in [0.25, 0.3) is 0 Å². The van der Waals surface area contributed by atoms with Gasteiger partial charge in [-0.2, -0.15) is 4.98 Å².